The summed E-state index contributed by atoms with van der Waals surface area (Å²) in [6, 6.07) is 0. The minimum absolute atomic E-state index is 0.101. The molecule has 0 unspecified atom stereocenters. The van der Waals surface area contributed by atoms with Crippen LogP contribution in [0.15, 0.2) is 0 Å². The zero-order valence-electron chi connectivity index (χ0n) is 8.44. The summed E-state index contributed by atoms with van der Waals surface area (Å²) in [5, 5.41) is 44.8. The molecule has 108 valence electrons. The summed E-state index contributed by atoms with van der Waals surface area (Å²) in [4.78, 5) is 19.8. The molecule has 11 nitrogen and oxygen atoms in total. The summed E-state index contributed by atoms with van der Waals surface area (Å²) in [7, 11) is -5.17. The molecule has 0 rings (SSSR count). The van der Waals surface area contributed by atoms with Crippen LogP contribution in [0, 0.1) is 0 Å². The molecule has 0 saturated heterocycles. The van der Waals surface area contributed by atoms with E-state index in [0.29, 0.717) is 0 Å². The number of carbonyl (C=O) groups is 2. The van der Waals surface area contributed by atoms with E-state index in [1.807, 2.05) is 0 Å². The number of hydrogen-bond donors (Lipinski definition) is 4. The first-order chi connectivity index (χ1) is 7.91. The van der Waals surface area contributed by atoms with E-state index in [4.69, 9.17) is 37.9 Å². The van der Waals surface area contributed by atoms with Gasteiger partial charge in [-0.3, -0.25) is 8.42 Å². The number of aldehydes is 1. The zero-order chi connectivity index (χ0) is 15.1. The van der Waals surface area contributed by atoms with Crippen LogP contribution in [0.1, 0.15) is 0 Å². The van der Waals surface area contributed by atoms with Crippen LogP contribution in [0.3, 0.4) is 0 Å². The van der Waals surface area contributed by atoms with Gasteiger partial charge in [0.05, 0.1) is 5.97 Å². The summed E-state index contributed by atoms with van der Waals surface area (Å²) in [5.41, 5.74) is 0. The lowest BCUT2D eigenvalue weighted by Gasteiger charge is -2.24. The molecule has 0 bridgehead atoms. The first-order valence-electron chi connectivity index (χ1n) is 3.97. The van der Waals surface area contributed by atoms with E-state index < -0.39 is 40.8 Å². The van der Waals surface area contributed by atoms with Crippen LogP contribution in [0.4, 0.5) is 0 Å². The molecule has 4 atom stereocenters. The number of aliphatic carboxylic acids is 1. The fraction of sp³-hybridized carbons (Fsp3) is 0.667. The summed E-state index contributed by atoms with van der Waals surface area (Å²) in [5.74, 6) is -2.01. The first kappa shape index (κ1) is 19.2. The Morgan fingerprint density at radius 3 is 1.61 bits per heavy atom. The van der Waals surface area contributed by atoms with Crippen LogP contribution in [-0.2, 0) is 20.0 Å². The second-order valence-electron chi connectivity index (χ2n) is 2.78. The number of hydrogen-bond acceptors (Lipinski definition) is 11. The largest absolute Gasteiger partial charge is 0.759 e. The SMILES string of the molecule is O=C[C@@H](O)[C@H](O)[C@@H](O)[C@H](O)C(=O)[O-].O=S(=O)([O-])[O-]. The van der Waals surface area contributed by atoms with Crippen molar-refractivity contribution in [2.75, 3.05) is 0 Å². The third-order valence-electron chi connectivity index (χ3n) is 1.40. The maximum atomic E-state index is 9.95. The average Bonchev–Trinajstić information content (AvgIpc) is 2.22. The number of carboxylic acids is 1. The van der Waals surface area contributed by atoms with Gasteiger partial charge in [0.25, 0.3) is 0 Å². The molecule has 0 radical (unpaired) electrons. The lowest BCUT2D eigenvalue weighted by Crippen LogP contribution is -2.52. The minimum Gasteiger partial charge on any atom is -0.759 e. The van der Waals surface area contributed by atoms with E-state index in [-0.39, 0.29) is 6.29 Å². The van der Waals surface area contributed by atoms with E-state index in [0.717, 1.165) is 0 Å². The van der Waals surface area contributed by atoms with Crippen LogP contribution in [0.25, 0.3) is 0 Å². The van der Waals surface area contributed by atoms with Gasteiger partial charge in [-0.1, -0.05) is 0 Å². The summed E-state index contributed by atoms with van der Waals surface area (Å²) < 4.78 is 34.1. The van der Waals surface area contributed by atoms with Crippen molar-refractivity contribution < 1.29 is 52.6 Å². The monoisotopic (exact) mass is 289 g/mol. The van der Waals surface area contributed by atoms with Gasteiger partial charge in [0, 0.05) is 10.4 Å². The fourth-order valence-corrected chi connectivity index (χ4v) is 0.609. The van der Waals surface area contributed by atoms with Crippen molar-refractivity contribution in [3.05, 3.63) is 0 Å². The molecule has 0 spiro atoms. The van der Waals surface area contributed by atoms with E-state index in [2.05, 4.69) is 0 Å². The third-order valence-corrected chi connectivity index (χ3v) is 1.40. The molecular formula is C6H9O11S-3. The van der Waals surface area contributed by atoms with Crippen LogP contribution < -0.4 is 5.11 Å². The predicted molar refractivity (Wildman–Crippen MR) is 45.6 cm³/mol. The molecule has 0 amide bonds. The van der Waals surface area contributed by atoms with Gasteiger partial charge >= 0.3 is 0 Å². The molecule has 0 aromatic rings. The quantitative estimate of drug-likeness (QED) is 0.212. The van der Waals surface area contributed by atoms with Gasteiger partial charge in [0.1, 0.15) is 24.4 Å². The maximum absolute atomic E-state index is 9.95. The lowest BCUT2D eigenvalue weighted by atomic mass is 10.0. The minimum atomic E-state index is -5.17. The number of rotatable bonds is 5. The Balaban J connectivity index is 0. The van der Waals surface area contributed by atoms with Crippen molar-refractivity contribution in [3.8, 4) is 0 Å². The highest BCUT2D eigenvalue weighted by molar-refractivity contribution is 7.79. The topological polar surface area (TPSA) is 218 Å². The highest BCUT2D eigenvalue weighted by atomic mass is 32.3. The average molecular weight is 289 g/mol. The summed E-state index contributed by atoms with van der Waals surface area (Å²) in [6.07, 6.45) is -8.65. The van der Waals surface area contributed by atoms with Crippen molar-refractivity contribution in [2.24, 2.45) is 0 Å². The van der Waals surface area contributed by atoms with Gasteiger partial charge in [-0.05, 0) is 0 Å². The van der Waals surface area contributed by atoms with Crippen molar-refractivity contribution in [3.63, 3.8) is 0 Å². The Morgan fingerprint density at radius 2 is 1.39 bits per heavy atom. The van der Waals surface area contributed by atoms with Crippen LogP contribution in [-0.4, -0.2) is 74.6 Å². The standard InChI is InChI=1S/C6H10O7.H2O4S/c7-1-2(8)3(9)4(10)5(11)6(12)13;1-5(2,3)4/h1-5,8-11H,(H,12,13);(H2,1,2,3,4)/p-3/t2-,3+,4-,5+;/m1./s1. The van der Waals surface area contributed by atoms with Gasteiger partial charge in [-0.15, -0.1) is 0 Å². The number of carbonyl (C=O) groups excluding carboxylic acids is 2. The molecular weight excluding hydrogens is 280 g/mol. The smallest absolute Gasteiger partial charge is 0.151 e. The Hall–Kier alpha value is -1.15. The molecule has 0 aliphatic carbocycles. The zero-order valence-corrected chi connectivity index (χ0v) is 9.26. The molecule has 0 saturated carbocycles. The van der Waals surface area contributed by atoms with E-state index >= 15 is 0 Å². The Bertz CT molecular complexity index is 354. The Morgan fingerprint density at radius 1 is 1.06 bits per heavy atom. The lowest BCUT2D eigenvalue weighted by molar-refractivity contribution is -0.320. The maximum Gasteiger partial charge on any atom is 0.151 e. The summed E-state index contributed by atoms with van der Waals surface area (Å²) >= 11 is 0. The molecule has 18 heavy (non-hydrogen) atoms. The Kier molecular flexibility index (Phi) is 8.57. The predicted octanol–water partition coefficient (Wildman–Crippen LogP) is -5.96. The van der Waals surface area contributed by atoms with Gasteiger partial charge in [-0.2, -0.15) is 0 Å². The second kappa shape index (κ2) is 8.04. The second-order valence-corrected chi connectivity index (χ2v) is 3.60. The highest BCUT2D eigenvalue weighted by Gasteiger charge is 2.30. The molecule has 0 fully saturated rings. The van der Waals surface area contributed by atoms with Gasteiger partial charge < -0.3 is 44.2 Å². The van der Waals surface area contributed by atoms with E-state index in [9.17, 15) is 14.7 Å². The summed E-state index contributed by atoms with van der Waals surface area (Å²) in [6.45, 7) is 0. The molecule has 0 heterocycles. The van der Waals surface area contributed by atoms with Crippen molar-refractivity contribution in [2.45, 2.75) is 24.4 Å². The van der Waals surface area contributed by atoms with Crippen LogP contribution in [0.2, 0.25) is 0 Å². The molecule has 0 aliphatic heterocycles. The highest BCUT2D eigenvalue weighted by Crippen LogP contribution is 2.03. The Labute approximate surface area is 100 Å². The van der Waals surface area contributed by atoms with Crippen LogP contribution >= 0.6 is 0 Å². The van der Waals surface area contributed by atoms with Crippen molar-refractivity contribution in [1.82, 2.24) is 0 Å². The number of aliphatic hydroxyl groups is 4. The molecule has 12 heteroatoms. The van der Waals surface area contributed by atoms with E-state index in [1.165, 1.54) is 0 Å². The fourth-order valence-electron chi connectivity index (χ4n) is 0.609. The molecule has 0 aromatic heterocycles. The molecule has 0 aromatic carbocycles. The first-order valence-corrected chi connectivity index (χ1v) is 5.30. The molecule has 0 aliphatic rings. The third kappa shape index (κ3) is 10.0. The number of aliphatic hydroxyl groups excluding tert-OH is 4. The van der Waals surface area contributed by atoms with E-state index in [1.54, 1.807) is 0 Å². The number of carboxylic acid groups (broad SMARTS) is 1. The van der Waals surface area contributed by atoms with Gasteiger partial charge in [0.2, 0.25) is 0 Å². The van der Waals surface area contributed by atoms with Crippen molar-refractivity contribution >= 4 is 22.7 Å². The molecule has 4 N–H and O–H groups in total. The van der Waals surface area contributed by atoms with Gasteiger partial charge in [0.15, 0.2) is 6.29 Å². The normalized spacial score (nSPS) is 17.7. The van der Waals surface area contributed by atoms with Gasteiger partial charge in [-0.25, -0.2) is 0 Å². The van der Waals surface area contributed by atoms with Crippen LogP contribution in [0.5, 0.6) is 0 Å². The van der Waals surface area contributed by atoms with Crippen molar-refractivity contribution in [1.29, 1.82) is 0 Å².